The minimum Gasteiger partial charge on any atom is -0.393 e. The maximum atomic E-state index is 10.0. The van der Waals surface area contributed by atoms with Crippen LogP contribution in [0.4, 0.5) is 0 Å². The zero-order valence-electron chi connectivity index (χ0n) is 9.02. The summed E-state index contributed by atoms with van der Waals surface area (Å²) in [5.74, 6) is -0.142. The van der Waals surface area contributed by atoms with Gasteiger partial charge in [0.1, 0.15) is 0 Å². The van der Waals surface area contributed by atoms with Crippen LogP contribution in [0.3, 0.4) is 0 Å². The van der Waals surface area contributed by atoms with Crippen LogP contribution in [0.1, 0.15) is 31.9 Å². The molecule has 0 heterocycles. The van der Waals surface area contributed by atoms with Crippen molar-refractivity contribution in [3.8, 4) is 0 Å². The molecule has 0 aliphatic heterocycles. The Morgan fingerprint density at radius 2 is 1.73 bits per heavy atom. The van der Waals surface area contributed by atoms with Crippen molar-refractivity contribution >= 4 is 15.9 Å². The SMILES string of the molecule is CC[C@H](O)[C@@H](C)[C@@H](O)c1ccc(Br)cc1. The maximum absolute atomic E-state index is 10.0. The van der Waals surface area contributed by atoms with E-state index in [4.69, 9.17) is 0 Å². The molecule has 0 radical (unpaired) electrons. The van der Waals surface area contributed by atoms with E-state index in [1.807, 2.05) is 38.1 Å². The Balaban J connectivity index is 2.75. The second kappa shape index (κ2) is 5.64. The Morgan fingerprint density at radius 1 is 1.20 bits per heavy atom. The summed E-state index contributed by atoms with van der Waals surface area (Å²) in [7, 11) is 0. The largest absolute Gasteiger partial charge is 0.393 e. The molecule has 1 aromatic rings. The zero-order valence-corrected chi connectivity index (χ0v) is 10.6. The molecule has 1 rings (SSSR count). The lowest BCUT2D eigenvalue weighted by Crippen LogP contribution is -2.23. The third kappa shape index (κ3) is 3.30. The monoisotopic (exact) mass is 272 g/mol. The van der Waals surface area contributed by atoms with Crippen molar-refractivity contribution in [1.29, 1.82) is 0 Å². The van der Waals surface area contributed by atoms with Crippen LogP contribution in [0.2, 0.25) is 0 Å². The van der Waals surface area contributed by atoms with Gasteiger partial charge < -0.3 is 10.2 Å². The second-order valence-electron chi connectivity index (χ2n) is 3.83. The molecular formula is C12H17BrO2. The molecule has 84 valence electrons. The smallest absolute Gasteiger partial charge is 0.0840 e. The minimum absolute atomic E-state index is 0.142. The highest BCUT2D eigenvalue weighted by Crippen LogP contribution is 2.26. The van der Waals surface area contributed by atoms with Crippen LogP contribution in [-0.4, -0.2) is 16.3 Å². The first-order valence-electron chi connectivity index (χ1n) is 5.17. The van der Waals surface area contributed by atoms with E-state index < -0.39 is 12.2 Å². The van der Waals surface area contributed by atoms with E-state index in [0.717, 1.165) is 10.0 Å². The molecule has 1 aromatic carbocycles. The van der Waals surface area contributed by atoms with Crippen LogP contribution in [-0.2, 0) is 0 Å². The number of rotatable bonds is 4. The van der Waals surface area contributed by atoms with Crippen molar-refractivity contribution in [3.63, 3.8) is 0 Å². The molecule has 0 aromatic heterocycles. The first kappa shape index (κ1) is 12.7. The highest BCUT2D eigenvalue weighted by molar-refractivity contribution is 9.10. The van der Waals surface area contributed by atoms with Gasteiger partial charge in [-0.05, 0) is 24.1 Å². The molecule has 15 heavy (non-hydrogen) atoms. The molecule has 2 N–H and O–H groups in total. The Kier molecular flexibility index (Phi) is 4.77. The molecule has 0 saturated carbocycles. The van der Waals surface area contributed by atoms with Gasteiger partial charge in [-0.3, -0.25) is 0 Å². The fraction of sp³-hybridized carbons (Fsp3) is 0.500. The highest BCUT2D eigenvalue weighted by Gasteiger charge is 2.22. The lowest BCUT2D eigenvalue weighted by Gasteiger charge is -2.23. The van der Waals surface area contributed by atoms with Crippen LogP contribution in [0.15, 0.2) is 28.7 Å². The Morgan fingerprint density at radius 3 is 2.20 bits per heavy atom. The molecule has 0 fully saturated rings. The fourth-order valence-corrected chi connectivity index (χ4v) is 1.81. The number of halogens is 1. The van der Waals surface area contributed by atoms with Gasteiger partial charge in [-0.25, -0.2) is 0 Å². The van der Waals surface area contributed by atoms with E-state index in [-0.39, 0.29) is 5.92 Å². The summed E-state index contributed by atoms with van der Waals surface area (Å²) < 4.78 is 0.988. The zero-order chi connectivity index (χ0) is 11.4. The first-order chi connectivity index (χ1) is 7.06. The van der Waals surface area contributed by atoms with Crippen LogP contribution >= 0.6 is 15.9 Å². The van der Waals surface area contributed by atoms with E-state index in [1.54, 1.807) is 0 Å². The Bertz CT molecular complexity index is 297. The molecule has 3 heteroatoms. The summed E-state index contributed by atoms with van der Waals surface area (Å²) in [6, 6.07) is 7.52. The topological polar surface area (TPSA) is 40.5 Å². The van der Waals surface area contributed by atoms with E-state index in [2.05, 4.69) is 15.9 Å². The van der Waals surface area contributed by atoms with Crippen LogP contribution in [0, 0.1) is 5.92 Å². The van der Waals surface area contributed by atoms with E-state index in [9.17, 15) is 10.2 Å². The van der Waals surface area contributed by atoms with Crippen LogP contribution in [0.25, 0.3) is 0 Å². The van der Waals surface area contributed by atoms with Gasteiger partial charge in [-0.1, -0.05) is 41.9 Å². The highest BCUT2D eigenvalue weighted by atomic mass is 79.9. The van der Waals surface area contributed by atoms with Gasteiger partial charge in [-0.15, -0.1) is 0 Å². The van der Waals surface area contributed by atoms with Crippen molar-refractivity contribution in [3.05, 3.63) is 34.3 Å². The van der Waals surface area contributed by atoms with Crippen molar-refractivity contribution < 1.29 is 10.2 Å². The van der Waals surface area contributed by atoms with E-state index in [0.29, 0.717) is 6.42 Å². The van der Waals surface area contributed by atoms with Crippen molar-refractivity contribution in [2.24, 2.45) is 5.92 Å². The van der Waals surface area contributed by atoms with Gasteiger partial charge in [0.25, 0.3) is 0 Å². The average Bonchev–Trinajstić information content (AvgIpc) is 2.27. The number of hydrogen-bond acceptors (Lipinski definition) is 2. The summed E-state index contributed by atoms with van der Waals surface area (Å²) in [6.45, 7) is 3.77. The first-order valence-corrected chi connectivity index (χ1v) is 5.97. The van der Waals surface area contributed by atoms with Gasteiger partial charge in [0.15, 0.2) is 0 Å². The fourth-order valence-electron chi connectivity index (χ4n) is 1.55. The van der Waals surface area contributed by atoms with E-state index >= 15 is 0 Å². The molecule has 0 saturated heterocycles. The summed E-state index contributed by atoms with van der Waals surface area (Å²) in [5.41, 5.74) is 0.846. The summed E-state index contributed by atoms with van der Waals surface area (Å²) >= 11 is 3.34. The number of benzene rings is 1. The minimum atomic E-state index is -0.604. The maximum Gasteiger partial charge on any atom is 0.0840 e. The molecule has 0 aliphatic rings. The van der Waals surface area contributed by atoms with Gasteiger partial charge in [-0.2, -0.15) is 0 Å². The normalized spacial score (nSPS) is 17.1. The number of aliphatic hydroxyl groups excluding tert-OH is 2. The molecule has 0 aliphatic carbocycles. The lowest BCUT2D eigenvalue weighted by atomic mass is 9.91. The van der Waals surface area contributed by atoms with Gasteiger partial charge in [0, 0.05) is 10.4 Å². The van der Waals surface area contributed by atoms with Crippen LogP contribution < -0.4 is 0 Å². The molecule has 3 atom stereocenters. The summed E-state index contributed by atoms with van der Waals surface area (Å²) in [6.07, 6.45) is -0.397. The molecule has 2 nitrogen and oxygen atoms in total. The molecular weight excluding hydrogens is 256 g/mol. The summed E-state index contributed by atoms with van der Waals surface area (Å²) in [4.78, 5) is 0. The Hall–Kier alpha value is -0.380. The Labute approximate surface area is 99.1 Å². The second-order valence-corrected chi connectivity index (χ2v) is 4.75. The predicted octanol–water partition coefficient (Wildman–Crippen LogP) is 2.89. The quantitative estimate of drug-likeness (QED) is 0.885. The number of aliphatic hydroxyl groups is 2. The molecule has 0 amide bonds. The van der Waals surface area contributed by atoms with Crippen molar-refractivity contribution in [1.82, 2.24) is 0 Å². The predicted molar refractivity (Wildman–Crippen MR) is 64.6 cm³/mol. The number of hydrogen-bond donors (Lipinski definition) is 2. The third-order valence-corrected chi connectivity index (χ3v) is 3.26. The van der Waals surface area contributed by atoms with E-state index in [1.165, 1.54) is 0 Å². The van der Waals surface area contributed by atoms with Gasteiger partial charge in [0.05, 0.1) is 12.2 Å². The molecule has 0 spiro atoms. The lowest BCUT2D eigenvalue weighted by molar-refractivity contribution is 0.0192. The summed E-state index contributed by atoms with van der Waals surface area (Å²) in [5, 5.41) is 19.6. The van der Waals surface area contributed by atoms with Crippen molar-refractivity contribution in [2.45, 2.75) is 32.5 Å². The van der Waals surface area contributed by atoms with Gasteiger partial charge in [0.2, 0.25) is 0 Å². The van der Waals surface area contributed by atoms with Crippen LogP contribution in [0.5, 0.6) is 0 Å². The molecule has 0 unspecified atom stereocenters. The van der Waals surface area contributed by atoms with Gasteiger partial charge >= 0.3 is 0 Å². The third-order valence-electron chi connectivity index (χ3n) is 2.73. The van der Waals surface area contributed by atoms with Crippen molar-refractivity contribution in [2.75, 3.05) is 0 Å². The average molecular weight is 273 g/mol. The standard InChI is InChI=1S/C12H17BrO2/c1-3-11(14)8(2)12(15)9-4-6-10(13)7-5-9/h4-8,11-12,14-15H,3H2,1-2H3/t8-,11+,12-/m1/s1. The molecule has 0 bridgehead atoms.